The Balaban J connectivity index is 1.71. The fourth-order valence-electron chi connectivity index (χ4n) is 3.94. The number of nitrogens with zero attached hydrogens (tertiary/aromatic N) is 4. The Morgan fingerprint density at radius 1 is 1.11 bits per heavy atom. The molecule has 0 saturated carbocycles. The number of carbonyl (C=O) groups excluding carboxylic acids is 1. The topological polar surface area (TPSA) is 83.0 Å². The summed E-state index contributed by atoms with van der Waals surface area (Å²) in [6.45, 7) is -0.162. The van der Waals surface area contributed by atoms with Gasteiger partial charge in [0.05, 0.1) is 12.7 Å². The van der Waals surface area contributed by atoms with Crippen LogP contribution in [0.3, 0.4) is 0 Å². The van der Waals surface area contributed by atoms with Gasteiger partial charge in [-0.05, 0) is 48.0 Å². The highest BCUT2D eigenvalue weighted by Crippen LogP contribution is 2.41. The van der Waals surface area contributed by atoms with Crippen molar-refractivity contribution in [1.82, 2.24) is 19.7 Å². The monoisotopic (exact) mass is 512 g/mol. The van der Waals surface area contributed by atoms with Gasteiger partial charge in [0.2, 0.25) is 5.82 Å². The maximum Gasteiger partial charge on any atom is 0.432 e. The van der Waals surface area contributed by atoms with Crippen molar-refractivity contribution in [2.24, 2.45) is 0 Å². The van der Waals surface area contributed by atoms with Crippen LogP contribution in [-0.2, 0) is 12.7 Å². The minimum absolute atomic E-state index is 0.0185. The summed E-state index contributed by atoms with van der Waals surface area (Å²) >= 11 is 5.93. The van der Waals surface area contributed by atoms with Crippen LogP contribution in [0.15, 0.2) is 71.4 Å². The van der Waals surface area contributed by atoms with Crippen LogP contribution in [0.25, 0.3) is 22.4 Å². The smallest absolute Gasteiger partial charge is 0.432 e. The second kappa shape index (κ2) is 9.12. The molecule has 7 nitrogen and oxygen atoms in total. The predicted molar refractivity (Wildman–Crippen MR) is 125 cm³/mol. The molecule has 3 aromatic heterocycles. The van der Waals surface area contributed by atoms with Crippen LogP contribution < -0.4 is 4.74 Å². The first-order valence-corrected chi connectivity index (χ1v) is 11.0. The Morgan fingerprint density at radius 3 is 2.56 bits per heavy atom. The molecule has 0 aliphatic rings. The van der Waals surface area contributed by atoms with Crippen LogP contribution in [0.4, 0.5) is 13.2 Å². The standard InChI is InChI=1S/C25H16ClF3N4O3/c1-35-16-9-10-19-17(12-16)20(21(34)24-31-23(32-36-24)18-4-2-3-11-30-18)22(25(27,28)29)33(19)13-14-5-7-15(26)8-6-14/h2-12H,13H2,1H3. The molecular weight excluding hydrogens is 497 g/mol. The number of ether oxygens (including phenoxy) is 1. The van der Waals surface area contributed by atoms with E-state index in [1.165, 1.54) is 31.5 Å². The Morgan fingerprint density at radius 2 is 1.89 bits per heavy atom. The van der Waals surface area contributed by atoms with Gasteiger partial charge in [0.1, 0.15) is 17.1 Å². The number of carbonyl (C=O) groups is 1. The zero-order valence-electron chi connectivity index (χ0n) is 18.6. The molecule has 5 aromatic rings. The van der Waals surface area contributed by atoms with E-state index in [1.54, 1.807) is 42.5 Å². The van der Waals surface area contributed by atoms with E-state index < -0.39 is 29.1 Å². The molecule has 0 unspecified atom stereocenters. The van der Waals surface area contributed by atoms with E-state index in [9.17, 15) is 18.0 Å². The molecule has 5 rings (SSSR count). The van der Waals surface area contributed by atoms with E-state index in [0.717, 1.165) is 4.57 Å². The summed E-state index contributed by atoms with van der Waals surface area (Å²) < 4.78 is 55.0. The van der Waals surface area contributed by atoms with Crippen molar-refractivity contribution in [3.8, 4) is 17.3 Å². The first kappa shape index (κ1) is 23.6. The summed E-state index contributed by atoms with van der Waals surface area (Å²) in [5.41, 5.74) is -0.689. The molecule has 0 aliphatic heterocycles. The van der Waals surface area contributed by atoms with Crippen molar-refractivity contribution in [3.05, 3.63) is 94.6 Å². The van der Waals surface area contributed by atoms with Gasteiger partial charge in [-0.1, -0.05) is 35.0 Å². The average Bonchev–Trinajstić information content (AvgIpc) is 3.49. The summed E-state index contributed by atoms with van der Waals surface area (Å²) in [4.78, 5) is 21.6. The zero-order valence-corrected chi connectivity index (χ0v) is 19.3. The van der Waals surface area contributed by atoms with Crippen molar-refractivity contribution in [2.75, 3.05) is 7.11 Å². The summed E-state index contributed by atoms with van der Waals surface area (Å²) in [6.07, 6.45) is -3.39. The number of ketones is 1. The average molecular weight is 513 g/mol. The SMILES string of the molecule is COc1ccc2c(c1)c(C(=O)c1nc(-c3ccccn3)no1)c(C(F)(F)F)n2Cc1ccc(Cl)cc1. The highest BCUT2D eigenvalue weighted by molar-refractivity contribution is 6.30. The van der Waals surface area contributed by atoms with Gasteiger partial charge < -0.3 is 13.8 Å². The highest BCUT2D eigenvalue weighted by atomic mass is 35.5. The third kappa shape index (κ3) is 4.31. The molecule has 0 fully saturated rings. The summed E-state index contributed by atoms with van der Waals surface area (Å²) in [7, 11) is 1.38. The normalized spacial score (nSPS) is 11.7. The molecule has 11 heteroatoms. The lowest BCUT2D eigenvalue weighted by Gasteiger charge is -2.14. The second-order valence-electron chi connectivity index (χ2n) is 7.78. The van der Waals surface area contributed by atoms with Crippen LogP contribution in [0.5, 0.6) is 5.75 Å². The van der Waals surface area contributed by atoms with Gasteiger partial charge >= 0.3 is 6.18 Å². The van der Waals surface area contributed by atoms with Gasteiger partial charge in [0.25, 0.3) is 11.7 Å². The van der Waals surface area contributed by atoms with Crippen molar-refractivity contribution in [1.29, 1.82) is 0 Å². The molecule has 3 heterocycles. The van der Waals surface area contributed by atoms with E-state index in [2.05, 4.69) is 15.1 Å². The van der Waals surface area contributed by atoms with Gasteiger partial charge in [-0.25, -0.2) is 0 Å². The molecule has 0 atom stereocenters. The lowest BCUT2D eigenvalue weighted by molar-refractivity contribution is -0.143. The molecule has 0 spiro atoms. The van der Waals surface area contributed by atoms with Gasteiger partial charge in [-0.2, -0.15) is 18.2 Å². The zero-order chi connectivity index (χ0) is 25.4. The molecule has 0 amide bonds. The van der Waals surface area contributed by atoms with Crippen molar-refractivity contribution in [3.63, 3.8) is 0 Å². The van der Waals surface area contributed by atoms with E-state index in [0.29, 0.717) is 16.3 Å². The van der Waals surface area contributed by atoms with E-state index in [4.69, 9.17) is 20.9 Å². The lowest BCUT2D eigenvalue weighted by Crippen LogP contribution is -2.19. The number of aromatic nitrogens is 4. The number of halogens is 4. The first-order chi connectivity index (χ1) is 17.3. The first-order valence-electron chi connectivity index (χ1n) is 10.6. The van der Waals surface area contributed by atoms with Crippen LogP contribution in [0, 0.1) is 0 Å². The number of hydrogen-bond acceptors (Lipinski definition) is 6. The van der Waals surface area contributed by atoms with Crippen LogP contribution in [-0.4, -0.2) is 32.6 Å². The fraction of sp³-hybridized carbons (Fsp3) is 0.120. The summed E-state index contributed by atoms with van der Waals surface area (Å²) in [6, 6.07) is 15.7. The fourth-order valence-corrected chi connectivity index (χ4v) is 4.07. The highest BCUT2D eigenvalue weighted by Gasteiger charge is 2.42. The number of rotatable bonds is 6. The molecule has 182 valence electrons. The molecule has 0 N–H and O–H groups in total. The maximum absolute atomic E-state index is 14.5. The van der Waals surface area contributed by atoms with Gasteiger partial charge in [-0.3, -0.25) is 9.78 Å². The Labute approximate surface area is 207 Å². The minimum Gasteiger partial charge on any atom is -0.497 e. The molecule has 2 aromatic carbocycles. The Hall–Kier alpha value is -4.18. The summed E-state index contributed by atoms with van der Waals surface area (Å²) in [5.74, 6) is -1.39. The van der Waals surface area contributed by atoms with Gasteiger partial charge in [-0.15, -0.1) is 0 Å². The van der Waals surface area contributed by atoms with Crippen LogP contribution >= 0.6 is 11.6 Å². The van der Waals surface area contributed by atoms with E-state index >= 15 is 0 Å². The second-order valence-corrected chi connectivity index (χ2v) is 8.22. The molecule has 0 radical (unpaired) electrons. The van der Waals surface area contributed by atoms with Crippen LogP contribution in [0.2, 0.25) is 5.02 Å². The third-order valence-electron chi connectivity index (χ3n) is 5.53. The Kier molecular flexibility index (Phi) is 5.97. The number of methoxy groups -OCH3 is 1. The molecule has 36 heavy (non-hydrogen) atoms. The largest absolute Gasteiger partial charge is 0.497 e. The minimum atomic E-state index is -4.88. The number of alkyl halides is 3. The van der Waals surface area contributed by atoms with E-state index in [-0.39, 0.29) is 29.0 Å². The Bertz CT molecular complexity index is 1560. The van der Waals surface area contributed by atoms with Crippen molar-refractivity contribution in [2.45, 2.75) is 12.7 Å². The number of fused-ring (bicyclic) bond motifs is 1. The van der Waals surface area contributed by atoms with Crippen LogP contribution in [0.1, 0.15) is 27.5 Å². The predicted octanol–water partition coefficient (Wildman–Crippen LogP) is 6.05. The third-order valence-corrected chi connectivity index (χ3v) is 5.79. The molecular formula is C25H16ClF3N4O3. The number of benzene rings is 2. The van der Waals surface area contributed by atoms with Crippen molar-refractivity contribution >= 4 is 28.3 Å². The summed E-state index contributed by atoms with van der Waals surface area (Å²) in [5, 5.41) is 4.22. The number of pyridine rings is 1. The quantitative estimate of drug-likeness (QED) is 0.258. The van der Waals surface area contributed by atoms with Gasteiger partial charge in [0.15, 0.2) is 0 Å². The lowest BCUT2D eigenvalue weighted by atomic mass is 10.1. The van der Waals surface area contributed by atoms with Crippen molar-refractivity contribution < 1.29 is 27.2 Å². The maximum atomic E-state index is 14.5. The van der Waals surface area contributed by atoms with Gasteiger partial charge in [0, 0.05) is 28.7 Å². The number of hydrogen-bond donors (Lipinski definition) is 0. The molecule has 0 saturated heterocycles. The van der Waals surface area contributed by atoms with E-state index in [1.807, 2.05) is 0 Å². The molecule has 0 aliphatic carbocycles. The molecule has 0 bridgehead atoms.